The van der Waals surface area contributed by atoms with E-state index in [1.54, 1.807) is 12.7 Å². The van der Waals surface area contributed by atoms with E-state index >= 15 is 0 Å². The molecule has 14 heterocycles. The standard InChI is InChI=1S/2C15H17N3.3C10H14N2.2C9H13N3/c1-2-18-9-8-14-13(11-18)10-16-15(17-14)12-6-4-3-5-7-12;1-2-18-9-8-13-10-16-15(17-14(13)11-18)12-6-4-3-5-7-12;1-2-12-6-4-9-7-11-5-3-10(9)8-12;1-2-12-6-4-9-3-5-11-7-10(9)8-12;1-2-12-7-5-10-9(8-12)4-3-6-11-10;1-2-12-4-3-9-8(6-12)5-10-7-11-9;1-2-12-4-3-8-5-10-7-11-9(8)6-12/h2*3-7,10H,2,8-9,11H2,1H3;2*3,5,7H,2,4,6,8H2,1H3;3-4,6H,2,5,7-8H2,1H3;2*5,7H,2-4,6H2,1H3. The van der Waals surface area contributed by atoms with E-state index in [0.29, 0.717) is 0 Å². The van der Waals surface area contributed by atoms with Gasteiger partial charge in [-0.2, -0.15) is 0 Å². The minimum absolute atomic E-state index is 0.840. The maximum Gasteiger partial charge on any atom is 0.159 e. The average Bonchev–Trinajstić information content (AvgIpc) is 1.01. The quantitative estimate of drug-likeness (QED) is 0.134. The first-order valence-corrected chi connectivity index (χ1v) is 35.4. The molecule has 96 heavy (non-hydrogen) atoms. The molecular weight excluding hydrogens is 1190 g/mol. The fraction of sp³-hybridized carbons (Fsp3) is 0.449. The van der Waals surface area contributed by atoms with Crippen LogP contribution in [0.2, 0.25) is 0 Å². The van der Waals surface area contributed by atoms with Crippen molar-refractivity contribution in [3.05, 3.63) is 232 Å². The molecule has 0 atom stereocenters. The molecule has 0 amide bonds. The predicted molar refractivity (Wildman–Crippen MR) is 384 cm³/mol. The Bertz CT molecular complexity index is 3440. The van der Waals surface area contributed by atoms with Crippen LogP contribution < -0.4 is 0 Å². The first-order valence-electron chi connectivity index (χ1n) is 35.4. The van der Waals surface area contributed by atoms with Crippen LogP contribution >= 0.6 is 0 Å². The van der Waals surface area contributed by atoms with E-state index in [1.165, 1.54) is 105 Å². The summed E-state index contributed by atoms with van der Waals surface area (Å²) in [6, 6.07) is 28.8. The Morgan fingerprint density at radius 1 is 0.260 bits per heavy atom. The molecule has 0 N–H and O–H groups in total. The Balaban J connectivity index is 0.000000123. The van der Waals surface area contributed by atoms with Gasteiger partial charge in [0.1, 0.15) is 12.7 Å². The van der Waals surface area contributed by atoms with Gasteiger partial charge in [0.05, 0.1) is 17.1 Å². The van der Waals surface area contributed by atoms with Gasteiger partial charge in [0, 0.05) is 200 Å². The van der Waals surface area contributed by atoms with E-state index in [0.717, 1.165) is 179 Å². The maximum atomic E-state index is 4.73. The highest BCUT2D eigenvalue weighted by Crippen LogP contribution is 2.24. The van der Waals surface area contributed by atoms with Crippen LogP contribution in [0.3, 0.4) is 0 Å². The van der Waals surface area contributed by atoms with Crippen molar-refractivity contribution in [2.24, 2.45) is 0 Å². The number of hydrogen-bond donors (Lipinski definition) is 0. The Morgan fingerprint density at radius 2 is 0.646 bits per heavy atom. The molecule has 9 aromatic rings. The third-order valence-electron chi connectivity index (χ3n) is 19.4. The van der Waals surface area contributed by atoms with Crippen LogP contribution in [0, 0.1) is 0 Å². The molecule has 0 bridgehead atoms. The molecule has 0 spiro atoms. The molecule has 0 radical (unpaired) electrons. The molecule has 18 heteroatoms. The molecular formula is C78H102N18. The van der Waals surface area contributed by atoms with Crippen molar-refractivity contribution in [1.82, 2.24) is 89.1 Å². The highest BCUT2D eigenvalue weighted by molar-refractivity contribution is 5.56. The van der Waals surface area contributed by atoms with E-state index in [1.807, 2.05) is 98.2 Å². The fourth-order valence-corrected chi connectivity index (χ4v) is 13.0. The van der Waals surface area contributed by atoms with Crippen molar-refractivity contribution in [3.8, 4) is 22.8 Å². The van der Waals surface area contributed by atoms with Gasteiger partial charge < -0.3 is 0 Å². The molecule has 16 rings (SSSR count). The van der Waals surface area contributed by atoms with Crippen LogP contribution in [0.15, 0.2) is 153 Å². The summed E-state index contributed by atoms with van der Waals surface area (Å²) in [5.41, 5.74) is 20.7. The number of rotatable bonds is 9. The van der Waals surface area contributed by atoms with Gasteiger partial charge in [-0.05, 0) is 129 Å². The van der Waals surface area contributed by atoms with Crippen LogP contribution in [0.4, 0.5) is 0 Å². The smallest absolute Gasteiger partial charge is 0.159 e. The third kappa shape index (κ3) is 20.5. The van der Waals surface area contributed by atoms with Crippen LogP contribution in [0.5, 0.6) is 0 Å². The summed E-state index contributed by atoms with van der Waals surface area (Å²) in [5, 5.41) is 0. The number of benzene rings is 2. The van der Waals surface area contributed by atoms with E-state index in [-0.39, 0.29) is 0 Å². The SMILES string of the molecule is CCN1CCc2ccncc2C1.CCN1CCc2cnc(-c3ccccc3)nc2C1.CCN1CCc2cnccc2C1.CCN1CCc2cncnc2C1.CCN1CCc2nc(-c3ccccc3)ncc2C1.CCN1CCc2ncccc2C1.CCN1CCc2ncncc2C1. The summed E-state index contributed by atoms with van der Waals surface area (Å²) in [6.45, 7) is 38.6. The number of fused-ring (bicyclic) bond motifs is 7. The summed E-state index contributed by atoms with van der Waals surface area (Å²) in [7, 11) is 0. The molecule has 0 saturated carbocycles. The summed E-state index contributed by atoms with van der Waals surface area (Å²) in [4.78, 5) is 64.6. The van der Waals surface area contributed by atoms with Gasteiger partial charge in [0.15, 0.2) is 11.6 Å². The molecule has 7 aromatic heterocycles. The minimum Gasteiger partial charge on any atom is -0.299 e. The number of likely N-dealkylation sites (N-methyl/N-ethyl adjacent to an activating group) is 7. The van der Waals surface area contributed by atoms with Crippen molar-refractivity contribution in [3.63, 3.8) is 0 Å². The predicted octanol–water partition coefficient (Wildman–Crippen LogP) is 11.1. The van der Waals surface area contributed by atoms with Gasteiger partial charge in [-0.25, -0.2) is 39.9 Å². The molecule has 2 aromatic carbocycles. The summed E-state index contributed by atoms with van der Waals surface area (Å²) < 4.78 is 0. The number of pyridine rings is 3. The normalized spacial score (nSPS) is 16.7. The fourth-order valence-electron chi connectivity index (χ4n) is 13.0. The first kappa shape index (κ1) is 70.7. The lowest BCUT2D eigenvalue weighted by Crippen LogP contribution is -2.31. The number of nitrogens with zero attached hydrogens (tertiary/aromatic N) is 18. The Kier molecular flexibility index (Phi) is 27.6. The lowest BCUT2D eigenvalue weighted by atomic mass is 10.0. The van der Waals surface area contributed by atoms with Crippen molar-refractivity contribution in [2.75, 3.05) is 91.6 Å². The van der Waals surface area contributed by atoms with Crippen molar-refractivity contribution < 1.29 is 0 Å². The Hall–Kier alpha value is -8.07. The zero-order valence-corrected chi connectivity index (χ0v) is 58.3. The third-order valence-corrected chi connectivity index (χ3v) is 19.4. The Morgan fingerprint density at radius 3 is 1.22 bits per heavy atom. The van der Waals surface area contributed by atoms with Crippen molar-refractivity contribution in [2.45, 2.75) is 139 Å². The molecule has 0 unspecified atom stereocenters. The van der Waals surface area contributed by atoms with Gasteiger partial charge in [0.2, 0.25) is 0 Å². The molecule has 0 fully saturated rings. The molecule has 0 aliphatic carbocycles. The van der Waals surface area contributed by atoms with Gasteiger partial charge in [-0.15, -0.1) is 0 Å². The summed E-state index contributed by atoms with van der Waals surface area (Å²) in [5.74, 6) is 1.69. The topological polar surface area (TPSA) is 164 Å². The molecule has 0 saturated heterocycles. The Labute approximate surface area is 571 Å². The van der Waals surface area contributed by atoms with Crippen LogP contribution in [0.1, 0.15) is 127 Å². The van der Waals surface area contributed by atoms with Gasteiger partial charge >= 0.3 is 0 Å². The summed E-state index contributed by atoms with van der Waals surface area (Å²) in [6.07, 6.45) is 28.5. The second-order valence-corrected chi connectivity index (χ2v) is 25.3. The number of hydrogen-bond acceptors (Lipinski definition) is 18. The van der Waals surface area contributed by atoms with Crippen LogP contribution in [-0.2, 0) is 90.8 Å². The molecule has 7 aliphatic rings. The van der Waals surface area contributed by atoms with Crippen LogP contribution in [0.25, 0.3) is 22.8 Å². The highest BCUT2D eigenvalue weighted by Gasteiger charge is 2.22. The lowest BCUT2D eigenvalue weighted by Gasteiger charge is -2.26. The molecule has 18 nitrogen and oxygen atoms in total. The van der Waals surface area contributed by atoms with Crippen LogP contribution in [-0.4, -0.2) is 181 Å². The minimum atomic E-state index is 0.840. The summed E-state index contributed by atoms with van der Waals surface area (Å²) >= 11 is 0. The van der Waals surface area contributed by atoms with Gasteiger partial charge in [0.25, 0.3) is 0 Å². The second kappa shape index (κ2) is 37.4. The van der Waals surface area contributed by atoms with E-state index in [4.69, 9.17) is 9.97 Å². The average molecular weight is 1290 g/mol. The second-order valence-electron chi connectivity index (χ2n) is 25.3. The molecule has 504 valence electrons. The lowest BCUT2D eigenvalue weighted by molar-refractivity contribution is 0.263. The van der Waals surface area contributed by atoms with Gasteiger partial charge in [-0.1, -0.05) is 115 Å². The van der Waals surface area contributed by atoms with Gasteiger partial charge in [-0.3, -0.25) is 49.3 Å². The molecule has 7 aliphatic heterocycles. The first-order chi connectivity index (χ1) is 47.2. The van der Waals surface area contributed by atoms with E-state index in [2.05, 4.69) is 170 Å². The maximum absolute atomic E-state index is 4.73. The monoisotopic (exact) mass is 1290 g/mol. The van der Waals surface area contributed by atoms with Crippen molar-refractivity contribution >= 4 is 0 Å². The van der Waals surface area contributed by atoms with Crippen molar-refractivity contribution in [1.29, 1.82) is 0 Å². The largest absolute Gasteiger partial charge is 0.299 e. The zero-order chi connectivity index (χ0) is 66.7. The van der Waals surface area contributed by atoms with E-state index in [9.17, 15) is 0 Å². The highest BCUT2D eigenvalue weighted by atomic mass is 15.2. The number of aromatic nitrogens is 11. The zero-order valence-electron chi connectivity index (χ0n) is 58.3. The van der Waals surface area contributed by atoms with E-state index < -0.39 is 0 Å².